The first-order chi connectivity index (χ1) is 10.7. The third-order valence-electron chi connectivity index (χ3n) is 3.42. The lowest BCUT2D eigenvalue weighted by Crippen LogP contribution is -2.37. The molecule has 3 N–H and O–H groups in total. The average Bonchev–Trinajstić information content (AvgIpc) is 2.45. The standard InChI is InChI=1S/C16H20ClN3O3/c1-10-6-12(17)7-11(14(10)23-16(2,3)9-18)8-20-5-4-13(21)19-15(20)22/h4-7H,8-9,18H2,1-3H3,(H,19,21,22). The van der Waals surface area contributed by atoms with Crippen molar-refractivity contribution in [1.29, 1.82) is 0 Å². The number of aryl methyl sites for hydroxylation is 1. The van der Waals surface area contributed by atoms with Gasteiger partial charge in [-0.2, -0.15) is 0 Å². The number of halogens is 1. The Morgan fingerprint density at radius 2 is 2.04 bits per heavy atom. The third-order valence-corrected chi connectivity index (χ3v) is 3.64. The first-order valence-electron chi connectivity index (χ1n) is 7.20. The van der Waals surface area contributed by atoms with Crippen molar-refractivity contribution >= 4 is 11.6 Å². The number of rotatable bonds is 5. The number of hydrogen-bond donors (Lipinski definition) is 2. The van der Waals surface area contributed by atoms with Crippen LogP contribution in [0.15, 0.2) is 34.0 Å². The van der Waals surface area contributed by atoms with Crippen molar-refractivity contribution < 1.29 is 4.74 Å². The number of nitrogens with one attached hydrogen (secondary N) is 1. The maximum absolute atomic E-state index is 11.9. The van der Waals surface area contributed by atoms with Gasteiger partial charge in [-0.25, -0.2) is 4.79 Å². The molecule has 0 saturated carbocycles. The topological polar surface area (TPSA) is 90.1 Å². The number of ether oxygens (including phenoxy) is 1. The van der Waals surface area contributed by atoms with Crippen LogP contribution < -0.4 is 21.7 Å². The highest BCUT2D eigenvalue weighted by molar-refractivity contribution is 6.30. The van der Waals surface area contributed by atoms with Gasteiger partial charge in [0.2, 0.25) is 0 Å². The molecule has 23 heavy (non-hydrogen) atoms. The molecular weight excluding hydrogens is 318 g/mol. The Balaban J connectivity index is 2.48. The van der Waals surface area contributed by atoms with Gasteiger partial charge in [0, 0.05) is 29.4 Å². The number of benzene rings is 1. The molecule has 0 unspecified atom stereocenters. The first-order valence-corrected chi connectivity index (χ1v) is 7.57. The van der Waals surface area contributed by atoms with Crippen molar-refractivity contribution in [2.24, 2.45) is 5.73 Å². The summed E-state index contributed by atoms with van der Waals surface area (Å²) >= 11 is 6.13. The van der Waals surface area contributed by atoms with E-state index in [2.05, 4.69) is 4.98 Å². The lowest BCUT2D eigenvalue weighted by Gasteiger charge is -2.27. The minimum Gasteiger partial charge on any atom is -0.486 e. The monoisotopic (exact) mass is 337 g/mol. The van der Waals surface area contributed by atoms with Crippen molar-refractivity contribution in [1.82, 2.24) is 9.55 Å². The van der Waals surface area contributed by atoms with Gasteiger partial charge in [0.1, 0.15) is 11.4 Å². The van der Waals surface area contributed by atoms with Gasteiger partial charge in [0.25, 0.3) is 5.56 Å². The molecule has 0 saturated heterocycles. The van der Waals surface area contributed by atoms with Crippen molar-refractivity contribution in [3.63, 3.8) is 0 Å². The molecule has 0 spiro atoms. The summed E-state index contributed by atoms with van der Waals surface area (Å²) < 4.78 is 7.42. The van der Waals surface area contributed by atoms with Crippen LogP contribution in [-0.2, 0) is 6.54 Å². The molecule has 0 aliphatic carbocycles. The highest BCUT2D eigenvalue weighted by Crippen LogP contribution is 2.31. The Morgan fingerprint density at radius 1 is 1.35 bits per heavy atom. The molecule has 1 aromatic carbocycles. The highest BCUT2D eigenvalue weighted by Gasteiger charge is 2.21. The van der Waals surface area contributed by atoms with E-state index in [1.807, 2.05) is 20.8 Å². The normalized spacial score (nSPS) is 11.5. The van der Waals surface area contributed by atoms with Crippen LogP contribution in [0.2, 0.25) is 5.02 Å². The van der Waals surface area contributed by atoms with Crippen molar-refractivity contribution in [3.05, 3.63) is 61.4 Å². The number of H-pyrrole nitrogens is 1. The zero-order valence-corrected chi connectivity index (χ0v) is 14.1. The van der Waals surface area contributed by atoms with Crippen LogP contribution in [0.1, 0.15) is 25.0 Å². The highest BCUT2D eigenvalue weighted by atomic mass is 35.5. The molecule has 1 aromatic heterocycles. The fourth-order valence-corrected chi connectivity index (χ4v) is 2.43. The summed E-state index contributed by atoms with van der Waals surface area (Å²) in [5.74, 6) is 0.642. The molecule has 0 bridgehead atoms. The van der Waals surface area contributed by atoms with Crippen molar-refractivity contribution in [2.45, 2.75) is 32.9 Å². The van der Waals surface area contributed by atoms with Gasteiger partial charge in [0.05, 0.1) is 6.54 Å². The SMILES string of the molecule is Cc1cc(Cl)cc(Cn2ccc(=O)[nH]c2=O)c1OC(C)(C)CN. The lowest BCUT2D eigenvalue weighted by molar-refractivity contribution is 0.116. The lowest BCUT2D eigenvalue weighted by atomic mass is 10.1. The summed E-state index contributed by atoms with van der Waals surface area (Å²) in [5, 5.41) is 0.549. The summed E-state index contributed by atoms with van der Waals surface area (Å²) in [6, 6.07) is 4.83. The maximum Gasteiger partial charge on any atom is 0.328 e. The summed E-state index contributed by atoms with van der Waals surface area (Å²) in [5.41, 5.74) is 5.85. The summed E-state index contributed by atoms with van der Waals surface area (Å²) in [6.07, 6.45) is 1.44. The van der Waals surface area contributed by atoms with Crippen LogP contribution in [0.25, 0.3) is 0 Å². The molecule has 0 amide bonds. The van der Waals surface area contributed by atoms with E-state index in [0.717, 1.165) is 11.1 Å². The molecule has 2 rings (SSSR count). The van der Waals surface area contributed by atoms with Crippen molar-refractivity contribution in [3.8, 4) is 5.75 Å². The smallest absolute Gasteiger partial charge is 0.328 e. The van der Waals surface area contributed by atoms with Gasteiger partial charge in [0.15, 0.2) is 0 Å². The first kappa shape index (κ1) is 17.3. The second-order valence-corrected chi connectivity index (χ2v) is 6.45. The van der Waals surface area contributed by atoms with Gasteiger partial charge in [-0.15, -0.1) is 0 Å². The van der Waals surface area contributed by atoms with E-state index in [4.69, 9.17) is 22.1 Å². The molecule has 6 nitrogen and oxygen atoms in total. The minimum absolute atomic E-state index is 0.229. The Morgan fingerprint density at radius 3 is 2.65 bits per heavy atom. The number of aromatic amines is 1. The van der Waals surface area contributed by atoms with Crippen LogP contribution in [0.5, 0.6) is 5.75 Å². The molecule has 0 atom stereocenters. The van der Waals surface area contributed by atoms with E-state index >= 15 is 0 Å². The van der Waals surface area contributed by atoms with Gasteiger partial charge in [-0.1, -0.05) is 11.6 Å². The predicted octanol–water partition coefficient (Wildman–Crippen LogP) is 1.66. The van der Waals surface area contributed by atoms with Crippen LogP contribution in [-0.4, -0.2) is 21.7 Å². The number of hydrogen-bond acceptors (Lipinski definition) is 4. The molecule has 0 fully saturated rings. The van der Waals surface area contributed by atoms with Gasteiger partial charge in [-0.05, 0) is 38.5 Å². The number of aromatic nitrogens is 2. The zero-order valence-electron chi connectivity index (χ0n) is 13.4. The molecular formula is C16H20ClN3O3. The molecule has 2 aromatic rings. The van der Waals surface area contributed by atoms with E-state index in [0.29, 0.717) is 17.3 Å². The summed E-state index contributed by atoms with van der Waals surface area (Å²) in [7, 11) is 0. The summed E-state index contributed by atoms with van der Waals surface area (Å²) in [6.45, 7) is 6.22. The van der Waals surface area contributed by atoms with E-state index in [9.17, 15) is 9.59 Å². The van der Waals surface area contributed by atoms with E-state index in [1.54, 1.807) is 12.1 Å². The quantitative estimate of drug-likeness (QED) is 0.868. The average molecular weight is 338 g/mol. The van der Waals surface area contributed by atoms with Gasteiger partial charge < -0.3 is 10.5 Å². The second-order valence-electron chi connectivity index (χ2n) is 6.01. The Hall–Kier alpha value is -2.05. The summed E-state index contributed by atoms with van der Waals surface area (Å²) in [4.78, 5) is 25.3. The molecule has 124 valence electrons. The fraction of sp³-hybridized carbons (Fsp3) is 0.375. The van der Waals surface area contributed by atoms with Crippen molar-refractivity contribution in [2.75, 3.05) is 6.54 Å². The molecule has 0 radical (unpaired) electrons. The molecule has 1 heterocycles. The van der Waals surface area contributed by atoms with E-state index in [-0.39, 0.29) is 6.54 Å². The number of nitrogens with two attached hydrogens (primary N) is 1. The van der Waals surface area contributed by atoms with E-state index < -0.39 is 16.9 Å². The van der Waals surface area contributed by atoms with Gasteiger partial charge >= 0.3 is 5.69 Å². The van der Waals surface area contributed by atoms with Crippen LogP contribution in [0.3, 0.4) is 0 Å². The Bertz CT molecular complexity index is 824. The Labute approximate surface area is 138 Å². The van der Waals surface area contributed by atoms with Crippen LogP contribution in [0, 0.1) is 6.92 Å². The largest absolute Gasteiger partial charge is 0.486 e. The van der Waals surface area contributed by atoms with Gasteiger partial charge in [-0.3, -0.25) is 14.3 Å². The van der Waals surface area contributed by atoms with Crippen LogP contribution >= 0.6 is 11.6 Å². The number of nitrogens with zero attached hydrogens (tertiary/aromatic N) is 1. The predicted molar refractivity (Wildman–Crippen MR) is 90.4 cm³/mol. The molecule has 0 aliphatic heterocycles. The zero-order chi connectivity index (χ0) is 17.2. The van der Waals surface area contributed by atoms with E-state index in [1.165, 1.54) is 16.8 Å². The van der Waals surface area contributed by atoms with Crippen LogP contribution in [0.4, 0.5) is 0 Å². The second kappa shape index (κ2) is 6.60. The molecule has 0 aliphatic rings. The Kier molecular flexibility index (Phi) is 4.97. The maximum atomic E-state index is 11.9. The third kappa shape index (κ3) is 4.24. The fourth-order valence-electron chi connectivity index (χ4n) is 2.13. The minimum atomic E-state index is -0.552. The molecule has 7 heteroatoms.